The summed E-state index contributed by atoms with van der Waals surface area (Å²) >= 11 is 5.65. The number of hydrogen-bond donors (Lipinski definition) is 1. The number of alkyl halides is 1. The van der Waals surface area contributed by atoms with Gasteiger partial charge in [0.15, 0.2) is 0 Å². The van der Waals surface area contributed by atoms with E-state index in [1.807, 2.05) is 11.8 Å². The fourth-order valence-electron chi connectivity index (χ4n) is 3.05. The molecule has 0 spiro atoms. The Morgan fingerprint density at radius 2 is 1.94 bits per heavy atom. The van der Waals surface area contributed by atoms with Gasteiger partial charge in [0.2, 0.25) is 5.91 Å². The number of hydrogen-bond acceptors (Lipinski definition) is 2. The van der Waals surface area contributed by atoms with Crippen molar-refractivity contribution in [1.29, 1.82) is 0 Å². The van der Waals surface area contributed by atoms with E-state index in [9.17, 15) is 4.79 Å². The van der Waals surface area contributed by atoms with Gasteiger partial charge in [-0.3, -0.25) is 4.79 Å². The van der Waals surface area contributed by atoms with Crippen LogP contribution in [0.5, 0.6) is 0 Å². The first-order valence-electron chi connectivity index (χ1n) is 7.14. The maximum atomic E-state index is 12.0. The molecule has 0 bridgehead atoms. The van der Waals surface area contributed by atoms with Crippen molar-refractivity contribution in [3.8, 4) is 0 Å². The van der Waals surface area contributed by atoms with Gasteiger partial charge in [-0.1, -0.05) is 28.8 Å². The first-order chi connectivity index (χ1) is 8.74. The molecule has 4 heteroatoms. The number of carbonyl (C=O) groups excluding carboxylic acids is 1. The van der Waals surface area contributed by atoms with Crippen molar-refractivity contribution in [2.45, 2.75) is 44.9 Å². The lowest BCUT2D eigenvalue weighted by atomic mass is 9.88. The number of halogens is 1. The van der Waals surface area contributed by atoms with E-state index in [2.05, 4.69) is 21.2 Å². The molecule has 1 aliphatic carbocycles. The third-order valence-corrected chi connectivity index (χ3v) is 6.66. The molecule has 2 nitrogen and oxygen atoms in total. The Hall–Kier alpha value is 0.300. The average molecular weight is 334 g/mol. The van der Waals surface area contributed by atoms with Crippen LogP contribution in [-0.4, -0.2) is 29.3 Å². The zero-order chi connectivity index (χ0) is 12.8. The number of carbonyl (C=O) groups is 1. The normalized spacial score (nSPS) is 24.1. The van der Waals surface area contributed by atoms with Gasteiger partial charge in [-0.15, -0.1) is 0 Å². The SMILES string of the molecule is O=C(CC1CCSCC1)NCC1(CBr)CCCC1. The van der Waals surface area contributed by atoms with Crippen LogP contribution in [0.1, 0.15) is 44.9 Å². The minimum atomic E-state index is 0.277. The molecule has 1 heterocycles. The first-order valence-corrected chi connectivity index (χ1v) is 9.42. The third kappa shape index (κ3) is 4.16. The fraction of sp³-hybridized carbons (Fsp3) is 0.929. The molecular formula is C14H24BrNOS. The predicted octanol–water partition coefficient (Wildman–Crippen LogP) is 3.59. The molecule has 2 aliphatic rings. The molecule has 1 aliphatic heterocycles. The highest BCUT2D eigenvalue weighted by atomic mass is 79.9. The van der Waals surface area contributed by atoms with Gasteiger partial charge in [0, 0.05) is 18.3 Å². The van der Waals surface area contributed by atoms with Gasteiger partial charge in [0.05, 0.1) is 0 Å². The maximum absolute atomic E-state index is 12.0. The third-order valence-electron chi connectivity index (χ3n) is 4.42. The van der Waals surface area contributed by atoms with Crippen molar-refractivity contribution < 1.29 is 4.79 Å². The second kappa shape index (κ2) is 7.18. The lowest BCUT2D eigenvalue weighted by Gasteiger charge is -2.27. The quantitative estimate of drug-likeness (QED) is 0.779. The summed E-state index contributed by atoms with van der Waals surface area (Å²) in [6.45, 7) is 0.874. The van der Waals surface area contributed by atoms with Gasteiger partial charge in [-0.25, -0.2) is 0 Å². The second-order valence-electron chi connectivity index (χ2n) is 5.88. The standard InChI is InChI=1S/C14H24BrNOS/c15-10-14(5-1-2-6-14)11-16-13(17)9-12-3-7-18-8-4-12/h12H,1-11H2,(H,16,17). The molecular weight excluding hydrogens is 310 g/mol. The van der Waals surface area contributed by atoms with E-state index in [4.69, 9.17) is 0 Å². The minimum Gasteiger partial charge on any atom is -0.356 e. The molecule has 0 aromatic carbocycles. The molecule has 1 amide bonds. The van der Waals surface area contributed by atoms with Crippen molar-refractivity contribution in [3.63, 3.8) is 0 Å². The summed E-state index contributed by atoms with van der Waals surface area (Å²) in [5.74, 6) is 3.39. The van der Waals surface area contributed by atoms with E-state index in [0.717, 1.165) is 18.3 Å². The Morgan fingerprint density at radius 3 is 2.56 bits per heavy atom. The highest BCUT2D eigenvalue weighted by Crippen LogP contribution is 2.39. The smallest absolute Gasteiger partial charge is 0.220 e. The minimum absolute atomic E-state index is 0.277. The first kappa shape index (κ1) is 14.7. The molecule has 0 aromatic heterocycles. The summed E-state index contributed by atoms with van der Waals surface area (Å²) in [5, 5.41) is 4.22. The van der Waals surface area contributed by atoms with E-state index in [1.54, 1.807) is 0 Å². The highest BCUT2D eigenvalue weighted by Gasteiger charge is 2.33. The summed E-state index contributed by atoms with van der Waals surface area (Å²) in [5.41, 5.74) is 0.345. The molecule has 0 aromatic rings. The van der Waals surface area contributed by atoms with Crippen molar-refractivity contribution in [2.75, 3.05) is 23.4 Å². The van der Waals surface area contributed by atoms with Crippen molar-refractivity contribution in [1.82, 2.24) is 5.32 Å². The monoisotopic (exact) mass is 333 g/mol. The summed E-state index contributed by atoms with van der Waals surface area (Å²) in [4.78, 5) is 12.0. The second-order valence-corrected chi connectivity index (χ2v) is 7.66. The van der Waals surface area contributed by atoms with Gasteiger partial charge < -0.3 is 5.32 Å². The van der Waals surface area contributed by atoms with E-state index in [1.165, 1.54) is 50.0 Å². The van der Waals surface area contributed by atoms with E-state index in [-0.39, 0.29) is 5.91 Å². The summed E-state index contributed by atoms with van der Waals surface area (Å²) in [6, 6.07) is 0. The Kier molecular flexibility index (Phi) is 5.87. The molecule has 0 radical (unpaired) electrons. The summed E-state index contributed by atoms with van der Waals surface area (Å²) < 4.78 is 0. The van der Waals surface area contributed by atoms with Crippen molar-refractivity contribution >= 4 is 33.6 Å². The molecule has 2 fully saturated rings. The van der Waals surface area contributed by atoms with E-state index < -0.39 is 0 Å². The number of rotatable bonds is 5. The Bertz CT molecular complexity index is 273. The zero-order valence-corrected chi connectivity index (χ0v) is 13.5. The zero-order valence-electron chi connectivity index (χ0n) is 11.0. The lowest BCUT2D eigenvalue weighted by molar-refractivity contribution is -0.122. The number of thioether (sulfide) groups is 1. The van der Waals surface area contributed by atoms with Gasteiger partial charge in [0.1, 0.15) is 0 Å². The van der Waals surface area contributed by atoms with E-state index in [0.29, 0.717) is 11.3 Å². The van der Waals surface area contributed by atoms with Crippen LogP contribution in [0.3, 0.4) is 0 Å². The molecule has 2 rings (SSSR count). The van der Waals surface area contributed by atoms with Gasteiger partial charge >= 0.3 is 0 Å². The maximum Gasteiger partial charge on any atom is 0.220 e. The van der Waals surface area contributed by atoms with Crippen LogP contribution in [0.15, 0.2) is 0 Å². The average Bonchev–Trinajstić information content (AvgIpc) is 2.87. The summed E-state index contributed by atoms with van der Waals surface area (Å²) in [7, 11) is 0. The van der Waals surface area contributed by atoms with Crippen LogP contribution in [0, 0.1) is 11.3 Å². The van der Waals surface area contributed by atoms with E-state index >= 15 is 0 Å². The molecule has 0 atom stereocenters. The molecule has 0 unspecified atom stereocenters. The Labute approximate surface area is 123 Å². The van der Waals surface area contributed by atoms with Crippen molar-refractivity contribution in [2.24, 2.45) is 11.3 Å². The summed E-state index contributed by atoms with van der Waals surface area (Å²) in [6.07, 6.45) is 8.36. The predicted molar refractivity (Wildman–Crippen MR) is 82.4 cm³/mol. The van der Waals surface area contributed by atoms with Crippen LogP contribution in [0.2, 0.25) is 0 Å². The molecule has 1 N–H and O–H groups in total. The molecule has 104 valence electrons. The van der Waals surface area contributed by atoms with Gasteiger partial charge in [0.25, 0.3) is 0 Å². The van der Waals surface area contributed by atoms with Crippen LogP contribution in [0.25, 0.3) is 0 Å². The van der Waals surface area contributed by atoms with Gasteiger partial charge in [-0.2, -0.15) is 11.8 Å². The topological polar surface area (TPSA) is 29.1 Å². The molecule has 1 saturated heterocycles. The molecule has 18 heavy (non-hydrogen) atoms. The Balaban J connectivity index is 1.70. The molecule has 1 saturated carbocycles. The number of nitrogens with one attached hydrogen (secondary N) is 1. The highest BCUT2D eigenvalue weighted by molar-refractivity contribution is 9.09. The lowest BCUT2D eigenvalue weighted by Crippen LogP contribution is -2.37. The largest absolute Gasteiger partial charge is 0.356 e. The fourth-order valence-corrected chi connectivity index (χ4v) is 5.02. The van der Waals surface area contributed by atoms with Crippen LogP contribution >= 0.6 is 27.7 Å². The Morgan fingerprint density at radius 1 is 1.28 bits per heavy atom. The van der Waals surface area contributed by atoms with Crippen LogP contribution in [0.4, 0.5) is 0 Å². The van der Waals surface area contributed by atoms with Gasteiger partial charge in [-0.05, 0) is 48.5 Å². The van der Waals surface area contributed by atoms with Crippen molar-refractivity contribution in [3.05, 3.63) is 0 Å². The van der Waals surface area contributed by atoms with Crippen LogP contribution < -0.4 is 5.32 Å². The number of amides is 1. The van der Waals surface area contributed by atoms with Crippen LogP contribution in [-0.2, 0) is 4.79 Å².